The van der Waals surface area contributed by atoms with Crippen LogP contribution in [0.2, 0.25) is 0 Å². The van der Waals surface area contributed by atoms with Crippen LogP contribution < -0.4 is 15.6 Å². The normalized spacial score (nSPS) is 10.5. The summed E-state index contributed by atoms with van der Waals surface area (Å²) in [6, 6.07) is 14.0. The van der Waals surface area contributed by atoms with Crippen LogP contribution in [0.4, 0.5) is 0 Å². The van der Waals surface area contributed by atoms with Crippen molar-refractivity contribution in [2.45, 2.75) is 43.5 Å². The van der Waals surface area contributed by atoms with Crippen molar-refractivity contribution in [2.75, 3.05) is 6.61 Å². The zero-order valence-electron chi connectivity index (χ0n) is 18.0. The molecule has 0 aliphatic carbocycles. The van der Waals surface area contributed by atoms with Gasteiger partial charge in [0.2, 0.25) is 0 Å². The highest BCUT2D eigenvalue weighted by molar-refractivity contribution is 7.98. The van der Waals surface area contributed by atoms with Gasteiger partial charge >= 0.3 is 0 Å². The van der Waals surface area contributed by atoms with Crippen LogP contribution in [0.15, 0.2) is 60.0 Å². The highest BCUT2D eigenvalue weighted by atomic mass is 32.2. The molecule has 1 heterocycles. The summed E-state index contributed by atoms with van der Waals surface area (Å²) in [6.45, 7) is 2.84. The molecule has 0 aliphatic rings. The summed E-state index contributed by atoms with van der Waals surface area (Å²) in [7, 11) is 0. The number of H-pyrrole nitrogens is 1. The first-order chi connectivity index (χ1) is 15.7. The molecule has 3 rings (SSSR count). The van der Waals surface area contributed by atoms with Crippen LogP contribution in [0, 0.1) is 0 Å². The maximum absolute atomic E-state index is 12.3. The molecule has 0 atom stereocenters. The number of amides is 2. The number of rotatable bonds is 11. The first-order valence-electron chi connectivity index (χ1n) is 10.6. The summed E-state index contributed by atoms with van der Waals surface area (Å²) in [5.74, 6) is 0.642. The van der Waals surface area contributed by atoms with E-state index in [0.29, 0.717) is 23.5 Å². The Labute approximate surface area is 191 Å². The second-order valence-corrected chi connectivity index (χ2v) is 8.08. The Hall–Kier alpha value is -3.33. The van der Waals surface area contributed by atoms with Crippen LogP contribution in [0.3, 0.4) is 0 Å². The fourth-order valence-corrected chi connectivity index (χ4v) is 3.58. The second kappa shape index (κ2) is 12.5. The Bertz CT molecular complexity index is 976. The molecule has 1 aromatic heterocycles. The van der Waals surface area contributed by atoms with Gasteiger partial charge in [-0.1, -0.05) is 50.1 Å². The van der Waals surface area contributed by atoms with Gasteiger partial charge in [0.05, 0.1) is 6.61 Å². The van der Waals surface area contributed by atoms with Gasteiger partial charge in [0.15, 0.2) is 5.16 Å². The number of hydrogen-bond donors (Lipinski definition) is 3. The molecule has 0 saturated heterocycles. The maximum atomic E-state index is 12.3. The van der Waals surface area contributed by atoms with Gasteiger partial charge in [-0.2, -0.15) is 5.10 Å². The van der Waals surface area contributed by atoms with Gasteiger partial charge < -0.3 is 4.74 Å². The van der Waals surface area contributed by atoms with Crippen molar-refractivity contribution in [3.63, 3.8) is 0 Å². The van der Waals surface area contributed by atoms with Gasteiger partial charge in [-0.25, -0.2) is 4.98 Å². The number of thioether (sulfide) groups is 1. The van der Waals surface area contributed by atoms with Crippen LogP contribution in [0.25, 0.3) is 0 Å². The summed E-state index contributed by atoms with van der Waals surface area (Å²) >= 11 is 1.52. The quantitative estimate of drug-likeness (QED) is 0.229. The molecule has 168 valence electrons. The number of hydrogen-bond acceptors (Lipinski definition) is 6. The van der Waals surface area contributed by atoms with Crippen molar-refractivity contribution in [3.05, 3.63) is 71.5 Å². The highest BCUT2D eigenvalue weighted by Crippen LogP contribution is 2.18. The fraction of sp³-hybridized carbons (Fsp3) is 0.304. The number of ether oxygens (including phenoxy) is 1. The summed E-state index contributed by atoms with van der Waals surface area (Å²) < 4.78 is 5.68. The van der Waals surface area contributed by atoms with E-state index in [1.54, 1.807) is 36.4 Å². The van der Waals surface area contributed by atoms with E-state index in [4.69, 9.17) is 4.74 Å². The Kier molecular flexibility index (Phi) is 9.12. The minimum Gasteiger partial charge on any atom is -0.494 e. The van der Waals surface area contributed by atoms with Gasteiger partial charge in [0, 0.05) is 16.9 Å². The smallest absolute Gasteiger partial charge is 0.269 e. The number of nitrogens with zero attached hydrogens (tertiary/aromatic N) is 2. The lowest BCUT2D eigenvalue weighted by Gasteiger charge is -2.09. The number of hydrazine groups is 1. The Morgan fingerprint density at radius 1 is 0.938 bits per heavy atom. The lowest BCUT2D eigenvalue weighted by atomic mass is 10.1. The Morgan fingerprint density at radius 3 is 2.19 bits per heavy atom. The molecule has 0 saturated carbocycles. The average molecular weight is 454 g/mol. The van der Waals surface area contributed by atoms with Gasteiger partial charge in [-0.3, -0.25) is 25.5 Å². The van der Waals surface area contributed by atoms with Crippen LogP contribution in [-0.4, -0.2) is 33.6 Å². The minimum atomic E-state index is -0.395. The molecule has 3 N–H and O–H groups in total. The fourth-order valence-electron chi connectivity index (χ4n) is 2.85. The van der Waals surface area contributed by atoms with Crippen molar-refractivity contribution in [1.82, 2.24) is 26.0 Å². The zero-order chi connectivity index (χ0) is 22.6. The van der Waals surface area contributed by atoms with Gasteiger partial charge in [-0.15, -0.1) is 0 Å². The molecule has 0 unspecified atom stereocenters. The van der Waals surface area contributed by atoms with Crippen LogP contribution in [0.1, 0.15) is 58.9 Å². The number of aromatic amines is 1. The van der Waals surface area contributed by atoms with E-state index < -0.39 is 5.91 Å². The number of benzene rings is 2. The molecule has 8 nitrogen and oxygen atoms in total. The molecular weight excluding hydrogens is 426 g/mol. The molecule has 0 radical (unpaired) electrons. The van der Waals surface area contributed by atoms with Crippen molar-refractivity contribution < 1.29 is 14.3 Å². The van der Waals surface area contributed by atoms with E-state index in [2.05, 4.69) is 33.0 Å². The third kappa shape index (κ3) is 7.42. The van der Waals surface area contributed by atoms with Crippen molar-refractivity contribution in [3.8, 4) is 5.75 Å². The second-order valence-electron chi connectivity index (χ2n) is 7.12. The maximum Gasteiger partial charge on any atom is 0.269 e. The van der Waals surface area contributed by atoms with E-state index in [0.717, 1.165) is 29.3 Å². The molecule has 0 aliphatic heterocycles. The molecule has 0 bridgehead atoms. The van der Waals surface area contributed by atoms with Gasteiger partial charge in [-0.05, 0) is 48.4 Å². The minimum absolute atomic E-state index is 0.389. The summed E-state index contributed by atoms with van der Waals surface area (Å²) in [5.41, 5.74) is 6.80. The molecule has 32 heavy (non-hydrogen) atoms. The summed E-state index contributed by atoms with van der Waals surface area (Å²) in [5, 5.41) is 7.33. The molecule has 2 amide bonds. The predicted molar refractivity (Wildman–Crippen MR) is 123 cm³/mol. The molecule has 0 fully saturated rings. The van der Waals surface area contributed by atoms with Crippen LogP contribution in [-0.2, 0) is 5.75 Å². The largest absolute Gasteiger partial charge is 0.494 e. The lowest BCUT2D eigenvalue weighted by Crippen LogP contribution is -2.41. The van der Waals surface area contributed by atoms with E-state index in [-0.39, 0.29) is 5.91 Å². The lowest BCUT2D eigenvalue weighted by molar-refractivity contribution is 0.0846. The third-order valence-corrected chi connectivity index (χ3v) is 5.61. The SMILES string of the molecule is CCCCCCOc1ccc(C(=O)NNC(=O)c2ccc(CSc3ncn[nH]3)cc2)cc1. The molecule has 3 aromatic rings. The predicted octanol–water partition coefficient (Wildman–Crippen LogP) is 4.13. The molecule has 2 aromatic carbocycles. The monoisotopic (exact) mass is 453 g/mol. The number of aromatic nitrogens is 3. The number of nitrogens with one attached hydrogen (secondary N) is 3. The average Bonchev–Trinajstić information content (AvgIpc) is 3.35. The van der Waals surface area contributed by atoms with Crippen LogP contribution >= 0.6 is 11.8 Å². The van der Waals surface area contributed by atoms with E-state index in [9.17, 15) is 9.59 Å². The summed E-state index contributed by atoms with van der Waals surface area (Å²) in [4.78, 5) is 28.7. The standard InChI is InChI=1S/C23H27N5O3S/c1-2-3-4-5-14-31-20-12-10-19(11-13-20)22(30)27-26-21(29)18-8-6-17(7-9-18)15-32-23-24-16-25-28-23/h6-13,16H,2-5,14-15H2,1H3,(H,26,29)(H,27,30)(H,24,25,28). The number of carbonyl (C=O) groups excluding carboxylic acids is 2. The number of carbonyl (C=O) groups is 2. The topological polar surface area (TPSA) is 109 Å². The highest BCUT2D eigenvalue weighted by Gasteiger charge is 2.10. The van der Waals surface area contributed by atoms with E-state index in [1.807, 2.05) is 12.1 Å². The van der Waals surface area contributed by atoms with Crippen molar-refractivity contribution in [1.29, 1.82) is 0 Å². The Balaban J connectivity index is 1.41. The van der Waals surface area contributed by atoms with E-state index >= 15 is 0 Å². The molecule has 0 spiro atoms. The zero-order valence-corrected chi connectivity index (χ0v) is 18.8. The summed E-state index contributed by atoms with van der Waals surface area (Å²) in [6.07, 6.45) is 6.03. The first-order valence-corrected chi connectivity index (χ1v) is 11.5. The molecular formula is C23H27N5O3S. The van der Waals surface area contributed by atoms with Crippen LogP contribution in [0.5, 0.6) is 5.75 Å². The third-order valence-electron chi connectivity index (χ3n) is 4.66. The van der Waals surface area contributed by atoms with Crippen molar-refractivity contribution >= 4 is 23.6 Å². The van der Waals surface area contributed by atoms with Gasteiger partial charge in [0.25, 0.3) is 11.8 Å². The molecule has 9 heteroatoms. The first kappa shape index (κ1) is 23.3. The van der Waals surface area contributed by atoms with Crippen molar-refractivity contribution in [2.24, 2.45) is 0 Å². The van der Waals surface area contributed by atoms with E-state index in [1.165, 1.54) is 30.9 Å². The Morgan fingerprint density at radius 2 is 1.59 bits per heavy atom. The number of unbranched alkanes of at least 4 members (excludes halogenated alkanes) is 3. The van der Waals surface area contributed by atoms with Gasteiger partial charge in [0.1, 0.15) is 12.1 Å².